The summed E-state index contributed by atoms with van der Waals surface area (Å²) in [5, 5.41) is 0. The Hall–Kier alpha value is -5.64. The molecule has 256 valence electrons. The molecule has 2 fully saturated rings. The number of ether oxygens (including phenoxy) is 2. The summed E-state index contributed by atoms with van der Waals surface area (Å²) in [6, 6.07) is 29.2. The first kappa shape index (κ1) is 34.2. The highest BCUT2D eigenvalue weighted by atomic mass is 19.1. The molecule has 3 atom stereocenters. The standard InChI is InChI=1S/C40H36F2N2O6/c41-33-17-11-29(12-18-33)21-31(37(45)43-35(25-49-39(43)47)23-27-7-3-1-4-8-27)15-16-32(22-30-13-19-34(42)20-14-30)38(46)44-36(26-50-40(44)48)24-28-9-5-2-6-10-28/h1-15,17-20,32,35-36H,16,21-26H2/b31-15+/t32-,35+,36+/m1/s1. The van der Waals surface area contributed by atoms with Gasteiger partial charge in [-0.3, -0.25) is 9.59 Å². The van der Waals surface area contributed by atoms with Crippen molar-refractivity contribution < 1.29 is 37.4 Å². The van der Waals surface area contributed by atoms with E-state index in [2.05, 4.69) is 0 Å². The van der Waals surface area contributed by atoms with Crippen LogP contribution in [0.2, 0.25) is 0 Å². The predicted molar refractivity (Wildman–Crippen MR) is 181 cm³/mol. The van der Waals surface area contributed by atoms with E-state index in [1.807, 2.05) is 60.7 Å². The number of halogens is 2. The van der Waals surface area contributed by atoms with Gasteiger partial charge >= 0.3 is 12.2 Å². The first-order chi connectivity index (χ1) is 24.2. The minimum Gasteiger partial charge on any atom is -0.447 e. The molecule has 2 heterocycles. The number of allylic oxidation sites excluding steroid dienone is 1. The lowest BCUT2D eigenvalue weighted by molar-refractivity contribution is -0.133. The van der Waals surface area contributed by atoms with Gasteiger partial charge in [-0.25, -0.2) is 28.2 Å². The van der Waals surface area contributed by atoms with Gasteiger partial charge in [0.2, 0.25) is 5.91 Å². The Morgan fingerprint density at radius 3 is 1.68 bits per heavy atom. The normalized spacial score (nSPS) is 18.2. The molecular weight excluding hydrogens is 642 g/mol. The summed E-state index contributed by atoms with van der Waals surface area (Å²) in [5.41, 5.74) is 3.33. The van der Waals surface area contributed by atoms with E-state index in [0.29, 0.717) is 24.0 Å². The van der Waals surface area contributed by atoms with Gasteiger partial charge < -0.3 is 9.47 Å². The highest BCUT2D eigenvalue weighted by Crippen LogP contribution is 2.27. The Balaban J connectivity index is 1.32. The molecule has 8 nitrogen and oxygen atoms in total. The summed E-state index contributed by atoms with van der Waals surface area (Å²) in [5.74, 6) is -2.81. The predicted octanol–water partition coefficient (Wildman–Crippen LogP) is 6.86. The van der Waals surface area contributed by atoms with Crippen molar-refractivity contribution in [2.45, 2.75) is 44.2 Å². The second-order valence-corrected chi connectivity index (χ2v) is 12.5. The molecular formula is C40H36F2N2O6. The molecule has 4 aromatic carbocycles. The molecule has 50 heavy (non-hydrogen) atoms. The first-order valence-electron chi connectivity index (χ1n) is 16.5. The number of rotatable bonds is 12. The lowest BCUT2D eigenvalue weighted by Crippen LogP contribution is -2.44. The Labute approximate surface area is 288 Å². The van der Waals surface area contributed by atoms with Gasteiger partial charge in [0.05, 0.1) is 12.1 Å². The smallest absolute Gasteiger partial charge is 0.417 e. The lowest BCUT2D eigenvalue weighted by atomic mass is 9.91. The van der Waals surface area contributed by atoms with Gasteiger partial charge in [-0.05, 0) is 72.2 Å². The molecule has 0 N–H and O–H groups in total. The maximum absolute atomic E-state index is 14.3. The van der Waals surface area contributed by atoms with Crippen LogP contribution >= 0.6 is 0 Å². The van der Waals surface area contributed by atoms with Crippen LogP contribution in [0, 0.1) is 17.6 Å². The molecule has 2 aliphatic rings. The van der Waals surface area contributed by atoms with Crippen molar-refractivity contribution >= 4 is 24.0 Å². The van der Waals surface area contributed by atoms with Gasteiger partial charge in [-0.1, -0.05) is 91.0 Å². The number of benzene rings is 4. The zero-order valence-corrected chi connectivity index (χ0v) is 27.3. The number of nitrogens with zero attached hydrogens (tertiary/aromatic N) is 2. The van der Waals surface area contributed by atoms with E-state index in [1.165, 1.54) is 24.3 Å². The first-order valence-corrected chi connectivity index (χ1v) is 16.5. The number of amides is 4. The van der Waals surface area contributed by atoms with Crippen molar-refractivity contribution in [1.29, 1.82) is 0 Å². The molecule has 0 saturated carbocycles. The monoisotopic (exact) mass is 678 g/mol. The SMILES string of the molecule is O=C1OC[C@H](Cc2ccccc2)N1C(=O)/C(=C/C[C@H](Cc1ccc(F)cc1)C(=O)N1C(=O)OC[C@@H]1Cc1ccccc1)Cc1ccc(F)cc1. The Bertz CT molecular complexity index is 1850. The number of cyclic esters (lactones) is 2. The van der Waals surface area contributed by atoms with E-state index in [4.69, 9.17) is 9.47 Å². The minimum absolute atomic E-state index is 0.00650. The second kappa shape index (κ2) is 15.7. The number of hydrogen-bond acceptors (Lipinski definition) is 6. The molecule has 0 unspecified atom stereocenters. The van der Waals surface area contributed by atoms with Crippen LogP contribution in [0.15, 0.2) is 121 Å². The molecule has 4 aromatic rings. The van der Waals surface area contributed by atoms with Gasteiger partial charge in [0.15, 0.2) is 0 Å². The summed E-state index contributed by atoms with van der Waals surface area (Å²) in [6.45, 7) is 0.0571. The molecule has 2 aliphatic heterocycles. The van der Waals surface area contributed by atoms with Gasteiger partial charge in [-0.15, -0.1) is 0 Å². The molecule has 2 saturated heterocycles. The quantitative estimate of drug-likeness (QED) is 0.152. The van der Waals surface area contributed by atoms with Crippen molar-refractivity contribution in [2.75, 3.05) is 13.2 Å². The van der Waals surface area contributed by atoms with E-state index in [0.717, 1.165) is 20.9 Å². The highest BCUT2D eigenvalue weighted by molar-refractivity contribution is 6.04. The average Bonchev–Trinajstić information content (AvgIpc) is 3.68. The van der Waals surface area contributed by atoms with Crippen molar-refractivity contribution in [2.24, 2.45) is 5.92 Å². The van der Waals surface area contributed by atoms with Crippen molar-refractivity contribution in [3.8, 4) is 0 Å². The fraction of sp³-hybridized carbons (Fsp3) is 0.250. The third-order valence-corrected chi connectivity index (χ3v) is 8.98. The van der Waals surface area contributed by atoms with Crippen LogP contribution in [-0.4, -0.2) is 59.1 Å². The molecule has 0 bridgehead atoms. The van der Waals surface area contributed by atoms with Crippen LogP contribution in [0.25, 0.3) is 0 Å². The summed E-state index contributed by atoms with van der Waals surface area (Å²) >= 11 is 0. The van der Waals surface area contributed by atoms with E-state index in [9.17, 15) is 28.0 Å². The maximum Gasteiger partial charge on any atom is 0.417 e. The highest BCUT2D eigenvalue weighted by Gasteiger charge is 2.42. The minimum atomic E-state index is -0.856. The van der Waals surface area contributed by atoms with Crippen LogP contribution in [0.3, 0.4) is 0 Å². The van der Waals surface area contributed by atoms with Gasteiger partial charge in [0.25, 0.3) is 5.91 Å². The third-order valence-electron chi connectivity index (χ3n) is 8.98. The molecule has 4 amide bonds. The average molecular weight is 679 g/mol. The Morgan fingerprint density at radius 2 is 1.14 bits per heavy atom. The summed E-state index contributed by atoms with van der Waals surface area (Å²) in [4.78, 5) is 56.8. The summed E-state index contributed by atoms with van der Waals surface area (Å²) < 4.78 is 38.3. The number of imide groups is 2. The molecule has 10 heteroatoms. The molecule has 0 aromatic heterocycles. The van der Waals surface area contributed by atoms with Crippen LogP contribution < -0.4 is 0 Å². The summed E-state index contributed by atoms with van der Waals surface area (Å²) in [7, 11) is 0. The van der Waals surface area contributed by atoms with E-state index in [1.54, 1.807) is 30.3 Å². The molecule has 0 spiro atoms. The lowest BCUT2D eigenvalue weighted by Gasteiger charge is -2.25. The fourth-order valence-corrected chi connectivity index (χ4v) is 6.38. The van der Waals surface area contributed by atoms with E-state index in [-0.39, 0.29) is 38.0 Å². The number of carbonyl (C=O) groups excluding carboxylic acids is 4. The van der Waals surface area contributed by atoms with Crippen LogP contribution in [0.1, 0.15) is 28.7 Å². The molecule has 0 aliphatic carbocycles. The maximum atomic E-state index is 14.3. The van der Waals surface area contributed by atoms with E-state index < -0.39 is 53.6 Å². The van der Waals surface area contributed by atoms with E-state index >= 15 is 0 Å². The van der Waals surface area contributed by atoms with Crippen LogP contribution in [0.4, 0.5) is 18.4 Å². The largest absolute Gasteiger partial charge is 0.447 e. The summed E-state index contributed by atoms with van der Waals surface area (Å²) in [6.07, 6.45) is 1.04. The Kier molecular flexibility index (Phi) is 10.8. The van der Waals surface area contributed by atoms with Gasteiger partial charge in [0.1, 0.15) is 24.8 Å². The Morgan fingerprint density at radius 1 is 0.660 bits per heavy atom. The second-order valence-electron chi connectivity index (χ2n) is 12.5. The van der Waals surface area contributed by atoms with Gasteiger partial charge in [0, 0.05) is 17.9 Å². The topological polar surface area (TPSA) is 93.2 Å². The van der Waals surface area contributed by atoms with Crippen LogP contribution in [0.5, 0.6) is 0 Å². The molecule has 6 rings (SSSR count). The number of hydrogen-bond donors (Lipinski definition) is 0. The van der Waals surface area contributed by atoms with Crippen LogP contribution in [-0.2, 0) is 44.7 Å². The van der Waals surface area contributed by atoms with Gasteiger partial charge in [-0.2, -0.15) is 0 Å². The third kappa shape index (κ3) is 8.31. The zero-order valence-electron chi connectivity index (χ0n) is 27.3. The zero-order chi connectivity index (χ0) is 35.0. The van der Waals surface area contributed by atoms with Crippen molar-refractivity contribution in [1.82, 2.24) is 9.80 Å². The molecule has 0 radical (unpaired) electrons. The number of carbonyl (C=O) groups is 4. The van der Waals surface area contributed by atoms with Crippen molar-refractivity contribution in [3.63, 3.8) is 0 Å². The van der Waals surface area contributed by atoms with Crippen molar-refractivity contribution in [3.05, 3.63) is 155 Å². The fourth-order valence-electron chi connectivity index (χ4n) is 6.38.